The van der Waals surface area contributed by atoms with Crippen molar-refractivity contribution in [3.63, 3.8) is 0 Å². The molecule has 0 unspecified atom stereocenters. The van der Waals surface area contributed by atoms with Crippen LogP contribution < -0.4 is 5.43 Å². The third kappa shape index (κ3) is 3.57. The van der Waals surface area contributed by atoms with Crippen molar-refractivity contribution >= 4 is 21.5 Å². The van der Waals surface area contributed by atoms with E-state index < -0.39 is 15.8 Å². The van der Waals surface area contributed by atoms with Crippen molar-refractivity contribution < 1.29 is 13.0 Å². The standard InChI is InChI=1S/C9H6N4O3S/c10-5-8(6-11)13-12-7-2-1-3-9(4-7)17(14,15)16/h1-4,12H,(H,14,15,16). The normalized spacial score (nSPS) is 9.82. The Morgan fingerprint density at radius 2 is 2.00 bits per heavy atom. The van der Waals surface area contributed by atoms with Crippen molar-refractivity contribution in [3.8, 4) is 12.1 Å². The number of nitrogens with zero attached hydrogens (tertiary/aromatic N) is 3. The summed E-state index contributed by atoms with van der Waals surface area (Å²) in [6.07, 6.45) is 0. The van der Waals surface area contributed by atoms with Gasteiger partial charge < -0.3 is 0 Å². The molecule has 0 saturated heterocycles. The zero-order valence-corrected chi connectivity index (χ0v) is 9.14. The van der Waals surface area contributed by atoms with Gasteiger partial charge in [0.25, 0.3) is 10.1 Å². The van der Waals surface area contributed by atoms with Gasteiger partial charge >= 0.3 is 0 Å². The predicted molar refractivity (Wildman–Crippen MR) is 58.5 cm³/mol. The number of hydrogen-bond acceptors (Lipinski definition) is 6. The molecule has 0 atom stereocenters. The van der Waals surface area contributed by atoms with Gasteiger partial charge in [-0.2, -0.15) is 24.0 Å². The van der Waals surface area contributed by atoms with Crippen LogP contribution in [0.5, 0.6) is 0 Å². The summed E-state index contributed by atoms with van der Waals surface area (Å²) in [7, 11) is -4.29. The summed E-state index contributed by atoms with van der Waals surface area (Å²) in [6.45, 7) is 0. The number of rotatable bonds is 3. The maximum atomic E-state index is 10.8. The van der Waals surface area contributed by atoms with Gasteiger partial charge in [-0.3, -0.25) is 9.98 Å². The topological polar surface area (TPSA) is 126 Å². The molecule has 7 nitrogen and oxygen atoms in total. The number of nitrogens with one attached hydrogen (secondary N) is 1. The van der Waals surface area contributed by atoms with Crippen LogP contribution in [0.15, 0.2) is 34.3 Å². The minimum Gasteiger partial charge on any atom is -0.282 e. The molecule has 0 spiro atoms. The van der Waals surface area contributed by atoms with E-state index in [9.17, 15) is 8.42 Å². The van der Waals surface area contributed by atoms with Crippen LogP contribution in [0, 0.1) is 22.7 Å². The third-order valence-corrected chi connectivity index (χ3v) is 2.49. The summed E-state index contributed by atoms with van der Waals surface area (Å²) < 4.78 is 30.4. The molecule has 1 rings (SSSR count). The molecule has 0 heterocycles. The first-order valence-corrected chi connectivity index (χ1v) is 5.63. The first-order valence-electron chi connectivity index (χ1n) is 4.19. The van der Waals surface area contributed by atoms with E-state index in [1.54, 1.807) is 0 Å². The summed E-state index contributed by atoms with van der Waals surface area (Å²) in [4.78, 5) is -0.312. The van der Waals surface area contributed by atoms with Gasteiger partial charge in [-0.15, -0.1) is 0 Å². The number of hydrogen-bond donors (Lipinski definition) is 2. The van der Waals surface area contributed by atoms with Crippen LogP contribution in [-0.4, -0.2) is 18.7 Å². The predicted octanol–water partition coefficient (Wildman–Crippen LogP) is 0.748. The molecular weight excluding hydrogens is 244 g/mol. The lowest BCUT2D eigenvalue weighted by Gasteiger charge is -2.01. The van der Waals surface area contributed by atoms with E-state index in [1.807, 2.05) is 0 Å². The lowest BCUT2D eigenvalue weighted by Crippen LogP contribution is -2.00. The average Bonchev–Trinajstić information content (AvgIpc) is 2.30. The van der Waals surface area contributed by atoms with E-state index in [1.165, 1.54) is 30.3 Å². The van der Waals surface area contributed by atoms with Crippen molar-refractivity contribution in [2.24, 2.45) is 5.10 Å². The van der Waals surface area contributed by atoms with E-state index in [0.717, 1.165) is 6.07 Å². The van der Waals surface area contributed by atoms with Crippen molar-refractivity contribution in [1.82, 2.24) is 0 Å². The molecule has 0 saturated carbocycles. The minimum absolute atomic E-state index is 0.225. The van der Waals surface area contributed by atoms with E-state index in [-0.39, 0.29) is 10.6 Å². The zero-order valence-electron chi connectivity index (χ0n) is 8.32. The second kappa shape index (κ2) is 5.07. The smallest absolute Gasteiger partial charge is 0.282 e. The number of nitriles is 2. The summed E-state index contributed by atoms with van der Waals surface area (Å²) >= 11 is 0. The Bertz CT molecular complexity index is 621. The van der Waals surface area contributed by atoms with E-state index in [4.69, 9.17) is 15.1 Å². The van der Waals surface area contributed by atoms with Gasteiger partial charge in [0.1, 0.15) is 12.1 Å². The van der Waals surface area contributed by atoms with E-state index in [2.05, 4.69) is 10.5 Å². The minimum atomic E-state index is -4.29. The Hall–Kier alpha value is -2.42. The highest BCUT2D eigenvalue weighted by molar-refractivity contribution is 7.85. The summed E-state index contributed by atoms with van der Waals surface area (Å²) in [6, 6.07) is 8.20. The molecule has 0 fully saturated rings. The van der Waals surface area contributed by atoms with Crippen molar-refractivity contribution in [2.45, 2.75) is 4.90 Å². The maximum Gasteiger partial charge on any atom is 0.294 e. The van der Waals surface area contributed by atoms with Crippen molar-refractivity contribution in [1.29, 1.82) is 10.5 Å². The van der Waals surface area contributed by atoms with Gasteiger partial charge in [0.15, 0.2) is 0 Å². The molecule has 0 amide bonds. The molecule has 0 radical (unpaired) electrons. The van der Waals surface area contributed by atoms with Gasteiger partial charge in [-0.25, -0.2) is 0 Å². The fourth-order valence-electron chi connectivity index (χ4n) is 0.922. The molecule has 0 aliphatic carbocycles. The quantitative estimate of drug-likeness (QED) is 0.463. The molecule has 1 aromatic rings. The van der Waals surface area contributed by atoms with Crippen LogP contribution in [0.3, 0.4) is 0 Å². The monoisotopic (exact) mass is 250 g/mol. The van der Waals surface area contributed by atoms with Gasteiger partial charge in [0.05, 0.1) is 10.6 Å². The Morgan fingerprint density at radius 1 is 1.35 bits per heavy atom. The van der Waals surface area contributed by atoms with E-state index in [0.29, 0.717) is 0 Å². The fourth-order valence-corrected chi connectivity index (χ4v) is 1.45. The fraction of sp³-hybridized carbons (Fsp3) is 0. The summed E-state index contributed by atoms with van der Waals surface area (Å²) in [5.74, 6) is 0. The molecule has 2 N–H and O–H groups in total. The van der Waals surface area contributed by atoms with Crippen LogP contribution in [0.2, 0.25) is 0 Å². The third-order valence-electron chi connectivity index (χ3n) is 1.64. The SMILES string of the molecule is N#CC(C#N)=NNc1cccc(S(=O)(=O)O)c1. The lowest BCUT2D eigenvalue weighted by atomic mass is 10.3. The number of hydrazone groups is 1. The lowest BCUT2D eigenvalue weighted by molar-refractivity contribution is 0.483. The van der Waals surface area contributed by atoms with Gasteiger partial charge in [-0.05, 0) is 18.2 Å². The molecule has 0 aromatic heterocycles. The van der Waals surface area contributed by atoms with Crippen LogP contribution in [0.25, 0.3) is 0 Å². The van der Waals surface area contributed by atoms with Gasteiger partial charge in [-0.1, -0.05) is 6.07 Å². The van der Waals surface area contributed by atoms with Crippen LogP contribution >= 0.6 is 0 Å². The second-order valence-electron chi connectivity index (χ2n) is 2.80. The Kier molecular flexibility index (Phi) is 3.78. The molecule has 0 bridgehead atoms. The highest BCUT2D eigenvalue weighted by Crippen LogP contribution is 2.14. The largest absolute Gasteiger partial charge is 0.294 e. The Balaban J connectivity index is 3.01. The second-order valence-corrected chi connectivity index (χ2v) is 4.22. The highest BCUT2D eigenvalue weighted by Gasteiger charge is 2.09. The molecule has 0 aliphatic rings. The van der Waals surface area contributed by atoms with Gasteiger partial charge in [0, 0.05) is 0 Å². The maximum absolute atomic E-state index is 10.8. The van der Waals surface area contributed by atoms with Crippen molar-refractivity contribution in [3.05, 3.63) is 24.3 Å². The summed E-state index contributed by atoms with van der Waals surface area (Å²) in [5.41, 5.74) is 2.15. The van der Waals surface area contributed by atoms with Crippen LogP contribution in [0.1, 0.15) is 0 Å². The van der Waals surface area contributed by atoms with Crippen LogP contribution in [-0.2, 0) is 10.1 Å². The zero-order chi connectivity index (χ0) is 12.9. The average molecular weight is 250 g/mol. The molecule has 0 aliphatic heterocycles. The molecule has 17 heavy (non-hydrogen) atoms. The summed E-state index contributed by atoms with van der Waals surface area (Å²) in [5, 5.41) is 20.2. The number of anilines is 1. The Morgan fingerprint density at radius 3 is 2.53 bits per heavy atom. The number of benzene rings is 1. The molecule has 86 valence electrons. The first kappa shape index (κ1) is 12.6. The van der Waals surface area contributed by atoms with Crippen molar-refractivity contribution in [2.75, 3.05) is 5.43 Å². The highest BCUT2D eigenvalue weighted by atomic mass is 32.2. The Labute approximate surface area is 97.4 Å². The van der Waals surface area contributed by atoms with E-state index >= 15 is 0 Å². The van der Waals surface area contributed by atoms with Crippen LogP contribution in [0.4, 0.5) is 5.69 Å². The first-order chi connectivity index (χ1) is 7.97. The molecule has 1 aromatic carbocycles. The molecule has 8 heteroatoms. The molecular formula is C9H6N4O3S. The van der Waals surface area contributed by atoms with Gasteiger partial charge in [0.2, 0.25) is 5.71 Å².